The monoisotopic (exact) mass is 493 g/mol. The highest BCUT2D eigenvalue weighted by Gasteiger charge is 2.15. The van der Waals surface area contributed by atoms with Gasteiger partial charge in [-0.1, -0.05) is 30.4 Å². The molecule has 1 aromatic heterocycles. The fraction of sp³-hybridized carbons (Fsp3) is 0.286. The lowest BCUT2D eigenvalue weighted by atomic mass is 10.1. The molecule has 0 saturated heterocycles. The maximum atomic E-state index is 12.6. The lowest BCUT2D eigenvalue weighted by molar-refractivity contribution is -0.143. The number of rotatable bonds is 8. The Morgan fingerprint density at radius 2 is 1.88 bits per heavy atom. The minimum Gasteiger partial charge on any atom is -0.465 e. The van der Waals surface area contributed by atoms with Gasteiger partial charge in [-0.05, 0) is 48.6 Å². The van der Waals surface area contributed by atoms with Gasteiger partial charge >= 0.3 is 5.97 Å². The summed E-state index contributed by atoms with van der Waals surface area (Å²) in [6, 6.07) is 12.0. The zero-order valence-corrected chi connectivity index (χ0v) is 20.1. The van der Waals surface area contributed by atoms with Crippen LogP contribution in [0.5, 0.6) is 0 Å². The Morgan fingerprint density at radius 3 is 2.50 bits per heavy atom. The molecule has 8 nitrogen and oxygen atoms in total. The molecule has 3 rings (SSSR count). The molecule has 0 aliphatic heterocycles. The van der Waals surface area contributed by atoms with Crippen molar-refractivity contribution < 1.29 is 22.7 Å². The number of ether oxygens (including phenoxy) is 1. The number of thiazole rings is 1. The summed E-state index contributed by atoms with van der Waals surface area (Å²) in [6.45, 7) is 3.83. The van der Waals surface area contributed by atoms with Gasteiger partial charge in [-0.2, -0.15) is 4.99 Å². The first-order valence-electron chi connectivity index (χ1n) is 9.82. The summed E-state index contributed by atoms with van der Waals surface area (Å²) in [5.74, 6) is 0.102. The van der Waals surface area contributed by atoms with Crippen LogP contribution in [-0.2, 0) is 37.3 Å². The van der Waals surface area contributed by atoms with Gasteiger partial charge in [-0.3, -0.25) is 9.59 Å². The molecule has 0 aliphatic carbocycles. The maximum Gasteiger partial charge on any atom is 0.326 e. The number of benzene rings is 2. The summed E-state index contributed by atoms with van der Waals surface area (Å²) in [6.07, 6.45) is 0.104. The third kappa shape index (κ3) is 6.06. The second-order valence-electron chi connectivity index (χ2n) is 6.71. The van der Waals surface area contributed by atoms with Crippen molar-refractivity contribution in [3.05, 3.63) is 52.8 Å². The number of fused-ring (bicyclic) bond motifs is 1. The van der Waals surface area contributed by atoms with Gasteiger partial charge in [0.1, 0.15) is 6.54 Å². The van der Waals surface area contributed by atoms with Gasteiger partial charge in [0.25, 0.3) is 5.91 Å². The Labute approximate surface area is 194 Å². The lowest BCUT2D eigenvalue weighted by Crippen LogP contribution is -2.23. The third-order valence-electron chi connectivity index (χ3n) is 4.39. The van der Waals surface area contributed by atoms with Crippen LogP contribution in [-0.4, -0.2) is 37.2 Å². The summed E-state index contributed by atoms with van der Waals surface area (Å²) < 4.78 is 30.5. The predicted octanol–water partition coefficient (Wildman–Crippen LogP) is 2.70. The van der Waals surface area contributed by atoms with Crippen molar-refractivity contribution in [1.29, 1.82) is 0 Å². The van der Waals surface area contributed by atoms with Crippen molar-refractivity contribution in [2.24, 2.45) is 10.1 Å². The number of nitrogens with zero attached hydrogens (tertiary/aromatic N) is 2. The van der Waals surface area contributed by atoms with Crippen LogP contribution in [0.1, 0.15) is 19.4 Å². The first-order valence-corrected chi connectivity index (χ1v) is 13.2. The van der Waals surface area contributed by atoms with Crippen LogP contribution >= 0.6 is 23.1 Å². The smallest absolute Gasteiger partial charge is 0.326 e. The molecule has 11 heteroatoms. The number of sulfonamides is 1. The van der Waals surface area contributed by atoms with Crippen molar-refractivity contribution in [2.75, 3.05) is 12.4 Å². The second-order valence-corrected chi connectivity index (χ2v) is 10.6. The van der Waals surface area contributed by atoms with E-state index in [1.807, 2.05) is 24.3 Å². The quantitative estimate of drug-likeness (QED) is 0.380. The summed E-state index contributed by atoms with van der Waals surface area (Å²) >= 11 is 2.82. The number of carbonyl (C=O) groups excluding carboxylic acids is 2. The van der Waals surface area contributed by atoms with Crippen LogP contribution in [0.25, 0.3) is 10.2 Å². The SMILES string of the molecule is CCOC(=O)Cn1c(=NC(=O)Cc2ccc(SCC)cc2)sc2cc(S(N)(=O)=O)ccc21. The van der Waals surface area contributed by atoms with E-state index < -0.39 is 16.0 Å². The Balaban J connectivity index is 1.99. The molecule has 0 bridgehead atoms. The maximum absolute atomic E-state index is 12.6. The fourth-order valence-corrected chi connectivity index (χ4v) is 5.36. The van der Waals surface area contributed by atoms with E-state index in [2.05, 4.69) is 11.9 Å². The van der Waals surface area contributed by atoms with E-state index in [1.54, 1.807) is 29.3 Å². The van der Waals surface area contributed by atoms with Gasteiger partial charge in [-0.25, -0.2) is 13.6 Å². The number of carbonyl (C=O) groups is 2. The molecule has 170 valence electrons. The Morgan fingerprint density at radius 1 is 1.16 bits per heavy atom. The Hall–Kier alpha value is -2.47. The summed E-state index contributed by atoms with van der Waals surface area (Å²) in [5.41, 5.74) is 1.39. The molecular formula is C21H23N3O5S3. The van der Waals surface area contributed by atoms with E-state index in [9.17, 15) is 18.0 Å². The molecule has 0 fully saturated rings. The van der Waals surface area contributed by atoms with Crippen molar-refractivity contribution in [3.63, 3.8) is 0 Å². The van der Waals surface area contributed by atoms with E-state index in [-0.39, 0.29) is 35.2 Å². The molecule has 32 heavy (non-hydrogen) atoms. The highest BCUT2D eigenvalue weighted by molar-refractivity contribution is 7.99. The molecular weight excluding hydrogens is 470 g/mol. The van der Waals surface area contributed by atoms with Crippen molar-refractivity contribution in [3.8, 4) is 0 Å². The van der Waals surface area contributed by atoms with E-state index in [1.165, 1.54) is 12.1 Å². The highest BCUT2D eigenvalue weighted by Crippen LogP contribution is 2.22. The number of primary sulfonamides is 1. The Bertz CT molecular complexity index is 1310. The molecule has 1 amide bonds. The van der Waals surface area contributed by atoms with Gasteiger partial charge in [-0.15, -0.1) is 11.8 Å². The zero-order valence-electron chi connectivity index (χ0n) is 17.6. The van der Waals surface area contributed by atoms with Gasteiger partial charge in [0.05, 0.1) is 28.1 Å². The largest absolute Gasteiger partial charge is 0.465 e. The highest BCUT2D eigenvalue weighted by atomic mass is 32.2. The second kappa shape index (κ2) is 10.4. The zero-order chi connectivity index (χ0) is 23.3. The average molecular weight is 494 g/mol. The van der Waals surface area contributed by atoms with Crippen LogP contribution in [0.4, 0.5) is 0 Å². The number of thioether (sulfide) groups is 1. The minimum atomic E-state index is -3.89. The topological polar surface area (TPSA) is 121 Å². The van der Waals surface area contributed by atoms with Gasteiger partial charge in [0, 0.05) is 4.90 Å². The van der Waals surface area contributed by atoms with E-state index in [0.29, 0.717) is 10.2 Å². The van der Waals surface area contributed by atoms with Crippen molar-refractivity contribution in [2.45, 2.75) is 36.6 Å². The first kappa shape index (κ1) is 24.2. The standard InChI is InChI=1S/C21H23N3O5S3/c1-3-29-20(26)13-24-17-10-9-16(32(22,27)28)12-18(17)31-21(24)23-19(25)11-14-5-7-15(8-6-14)30-4-2/h5-10,12H,3-4,11,13H2,1-2H3,(H2,22,27,28). The van der Waals surface area contributed by atoms with Gasteiger partial charge < -0.3 is 9.30 Å². The minimum absolute atomic E-state index is 0.0579. The number of nitrogens with two attached hydrogens (primary N) is 1. The normalized spacial score (nSPS) is 12.3. The molecule has 2 aromatic carbocycles. The van der Waals surface area contributed by atoms with E-state index >= 15 is 0 Å². The number of aromatic nitrogens is 1. The van der Waals surface area contributed by atoms with E-state index in [0.717, 1.165) is 27.5 Å². The van der Waals surface area contributed by atoms with Crippen LogP contribution in [0.3, 0.4) is 0 Å². The van der Waals surface area contributed by atoms with Gasteiger partial charge in [0.2, 0.25) is 10.0 Å². The van der Waals surface area contributed by atoms with Crippen LogP contribution < -0.4 is 9.94 Å². The van der Waals surface area contributed by atoms with Crippen molar-refractivity contribution >= 4 is 55.2 Å². The number of esters is 1. The molecule has 3 aromatic rings. The predicted molar refractivity (Wildman–Crippen MR) is 125 cm³/mol. The first-order chi connectivity index (χ1) is 15.2. The molecule has 2 N–H and O–H groups in total. The average Bonchev–Trinajstić information content (AvgIpc) is 3.05. The number of hydrogen-bond acceptors (Lipinski definition) is 7. The molecule has 1 heterocycles. The summed E-state index contributed by atoms with van der Waals surface area (Å²) in [4.78, 5) is 30.3. The van der Waals surface area contributed by atoms with E-state index in [4.69, 9.17) is 9.88 Å². The lowest BCUT2D eigenvalue weighted by Gasteiger charge is -2.05. The van der Waals surface area contributed by atoms with Crippen LogP contribution in [0.2, 0.25) is 0 Å². The number of hydrogen-bond donors (Lipinski definition) is 1. The van der Waals surface area contributed by atoms with Crippen LogP contribution in [0.15, 0.2) is 57.2 Å². The Kier molecular flexibility index (Phi) is 7.88. The fourth-order valence-electron chi connectivity index (χ4n) is 3.00. The van der Waals surface area contributed by atoms with Crippen LogP contribution in [0, 0.1) is 0 Å². The molecule has 0 spiro atoms. The number of amides is 1. The summed E-state index contributed by atoms with van der Waals surface area (Å²) in [7, 11) is -3.89. The summed E-state index contributed by atoms with van der Waals surface area (Å²) in [5, 5.41) is 5.23. The molecule has 0 unspecified atom stereocenters. The molecule has 0 aliphatic rings. The van der Waals surface area contributed by atoms with Crippen molar-refractivity contribution in [1.82, 2.24) is 4.57 Å². The molecule has 0 atom stereocenters. The third-order valence-corrected chi connectivity index (χ3v) is 7.23. The molecule has 0 saturated carbocycles. The molecule has 0 radical (unpaired) electrons. The van der Waals surface area contributed by atoms with Gasteiger partial charge in [0.15, 0.2) is 4.80 Å².